The van der Waals surface area contributed by atoms with Gasteiger partial charge in [-0.05, 0) is 37.2 Å². The first-order chi connectivity index (χ1) is 9.78. The van der Waals surface area contributed by atoms with Crippen LogP contribution in [0.4, 0.5) is 0 Å². The molecule has 116 valence electrons. The van der Waals surface area contributed by atoms with E-state index in [4.69, 9.17) is 4.74 Å². The molecule has 0 radical (unpaired) electrons. The van der Waals surface area contributed by atoms with Crippen LogP contribution in [0.3, 0.4) is 0 Å². The van der Waals surface area contributed by atoms with Crippen LogP contribution < -0.4 is 0 Å². The summed E-state index contributed by atoms with van der Waals surface area (Å²) >= 11 is 2.27. The zero-order valence-electron chi connectivity index (χ0n) is 12.4. The number of allylic oxidation sites excluding steroid dienone is 1. The van der Waals surface area contributed by atoms with Crippen LogP contribution in [0.25, 0.3) is 0 Å². The van der Waals surface area contributed by atoms with Crippen molar-refractivity contribution in [2.45, 2.75) is 45.1 Å². The third-order valence-electron chi connectivity index (χ3n) is 6.14. The van der Waals surface area contributed by atoms with Gasteiger partial charge in [0.25, 0.3) is 0 Å². The van der Waals surface area contributed by atoms with Gasteiger partial charge in [-0.3, -0.25) is 9.59 Å². The molecule has 5 atom stereocenters. The van der Waals surface area contributed by atoms with Crippen molar-refractivity contribution < 1.29 is 19.4 Å². The minimum Gasteiger partial charge on any atom is -0.481 e. The number of carbonyl (C=O) groups excluding carboxylic acids is 1. The molecule has 0 spiro atoms. The number of carboxylic acids is 1. The summed E-state index contributed by atoms with van der Waals surface area (Å²) in [5, 5.41) is 9.73. The number of fused-ring (bicyclic) bond motifs is 3. The summed E-state index contributed by atoms with van der Waals surface area (Å²) in [6.45, 7) is 4.02. The Morgan fingerprint density at radius 1 is 1.48 bits per heavy atom. The lowest BCUT2D eigenvalue weighted by Crippen LogP contribution is -2.57. The van der Waals surface area contributed by atoms with Gasteiger partial charge in [-0.2, -0.15) is 0 Å². The number of carboxylic acid groups (broad SMARTS) is 1. The Morgan fingerprint density at radius 2 is 2.19 bits per heavy atom. The number of esters is 1. The van der Waals surface area contributed by atoms with Crippen LogP contribution in [0.5, 0.6) is 0 Å². The van der Waals surface area contributed by atoms with E-state index in [1.165, 1.54) is 0 Å². The van der Waals surface area contributed by atoms with Gasteiger partial charge in [-0.15, -0.1) is 0 Å². The molecule has 2 aliphatic carbocycles. The molecular formula is C16H21IO4. The van der Waals surface area contributed by atoms with Crippen molar-refractivity contribution in [3.8, 4) is 0 Å². The van der Waals surface area contributed by atoms with E-state index in [0.29, 0.717) is 12.8 Å². The number of hydrogen-bond acceptors (Lipinski definition) is 3. The van der Waals surface area contributed by atoms with Crippen LogP contribution >= 0.6 is 22.6 Å². The lowest BCUT2D eigenvalue weighted by Gasteiger charge is -2.56. The fraction of sp³-hybridized carbons (Fsp3) is 0.750. The average Bonchev–Trinajstić information content (AvgIpc) is 2.77. The van der Waals surface area contributed by atoms with Gasteiger partial charge in [0, 0.05) is 10.3 Å². The van der Waals surface area contributed by atoms with E-state index < -0.39 is 17.0 Å². The molecule has 1 N–H and O–H groups in total. The van der Waals surface area contributed by atoms with Gasteiger partial charge in [0.15, 0.2) is 0 Å². The van der Waals surface area contributed by atoms with Crippen LogP contribution in [0.2, 0.25) is 0 Å². The number of carbonyl (C=O) groups is 2. The SMILES string of the molecule is C[C@]12CCC[C@](C)(C(=O)O)[C@@H]1C=C[C@]1(CI)OC(=O)C[C@H]21. The lowest BCUT2D eigenvalue weighted by atomic mass is 9.47. The molecule has 0 bridgehead atoms. The van der Waals surface area contributed by atoms with Gasteiger partial charge in [-0.25, -0.2) is 0 Å². The molecule has 2 fully saturated rings. The number of ether oxygens (including phenoxy) is 1. The molecule has 3 aliphatic rings. The Kier molecular flexibility index (Phi) is 3.43. The summed E-state index contributed by atoms with van der Waals surface area (Å²) in [4.78, 5) is 23.8. The Morgan fingerprint density at radius 3 is 2.81 bits per heavy atom. The van der Waals surface area contributed by atoms with Crippen molar-refractivity contribution in [1.29, 1.82) is 0 Å². The van der Waals surface area contributed by atoms with E-state index in [1.54, 1.807) is 0 Å². The number of aliphatic carboxylic acids is 1. The molecule has 4 nitrogen and oxygen atoms in total. The van der Waals surface area contributed by atoms with Crippen LogP contribution in [-0.4, -0.2) is 27.1 Å². The molecule has 1 heterocycles. The van der Waals surface area contributed by atoms with Gasteiger partial charge >= 0.3 is 11.9 Å². The van der Waals surface area contributed by atoms with E-state index in [-0.39, 0.29) is 23.2 Å². The standard InChI is InChI=1S/C16H21IO4/c1-14-5-3-6-15(2,13(19)20)10(14)4-7-16(9-17)11(14)8-12(18)21-16/h4,7,10-11H,3,5-6,8-9H2,1-2H3,(H,19,20)/t10-,11-,14+,15+,16-/m1/s1. The second kappa shape index (κ2) is 4.70. The lowest BCUT2D eigenvalue weighted by molar-refractivity contribution is -0.163. The Balaban J connectivity index is 2.11. The maximum atomic E-state index is 11.9. The molecule has 0 amide bonds. The maximum Gasteiger partial charge on any atom is 0.309 e. The van der Waals surface area contributed by atoms with Gasteiger partial charge in [0.05, 0.1) is 11.8 Å². The highest BCUT2D eigenvalue weighted by atomic mass is 127. The van der Waals surface area contributed by atoms with E-state index in [2.05, 4.69) is 29.5 Å². The first-order valence-corrected chi connectivity index (χ1v) is 9.02. The summed E-state index contributed by atoms with van der Waals surface area (Å²) in [6, 6.07) is 0. The van der Waals surface area contributed by atoms with Crippen LogP contribution in [0, 0.1) is 22.7 Å². The third-order valence-corrected chi connectivity index (χ3v) is 7.33. The van der Waals surface area contributed by atoms with E-state index in [9.17, 15) is 14.7 Å². The second-order valence-corrected chi connectivity index (χ2v) is 8.00. The summed E-state index contributed by atoms with van der Waals surface area (Å²) in [5.41, 5.74) is -1.45. The minimum atomic E-state index is -0.743. The third kappa shape index (κ3) is 1.92. The van der Waals surface area contributed by atoms with Crippen LogP contribution in [0.1, 0.15) is 39.5 Å². The summed E-state index contributed by atoms with van der Waals surface area (Å²) in [7, 11) is 0. The molecule has 0 unspecified atom stereocenters. The fourth-order valence-electron chi connectivity index (χ4n) is 4.97. The van der Waals surface area contributed by atoms with Crippen molar-refractivity contribution in [3.05, 3.63) is 12.2 Å². The summed E-state index contributed by atoms with van der Waals surface area (Å²) < 4.78 is 6.39. The molecule has 0 aromatic carbocycles. The van der Waals surface area contributed by atoms with Crippen LogP contribution in [-0.2, 0) is 14.3 Å². The molecule has 1 saturated carbocycles. The molecule has 0 aromatic heterocycles. The summed E-state index contributed by atoms with van der Waals surface area (Å²) in [6.07, 6.45) is 6.98. The van der Waals surface area contributed by atoms with Crippen molar-refractivity contribution in [2.24, 2.45) is 22.7 Å². The zero-order chi connectivity index (χ0) is 15.5. The van der Waals surface area contributed by atoms with Crippen LogP contribution in [0.15, 0.2) is 12.2 Å². The average molecular weight is 404 g/mol. The van der Waals surface area contributed by atoms with Crippen molar-refractivity contribution >= 4 is 34.5 Å². The summed E-state index contributed by atoms with van der Waals surface area (Å²) in [5.74, 6) is -0.823. The molecular weight excluding hydrogens is 383 g/mol. The van der Waals surface area contributed by atoms with Gasteiger partial charge in [0.2, 0.25) is 0 Å². The monoisotopic (exact) mass is 404 g/mol. The molecule has 5 heteroatoms. The number of rotatable bonds is 2. The molecule has 0 aromatic rings. The second-order valence-electron chi connectivity index (χ2n) is 7.24. The van der Waals surface area contributed by atoms with E-state index in [1.807, 2.05) is 19.1 Å². The minimum absolute atomic E-state index is 0.0353. The van der Waals surface area contributed by atoms with Crippen molar-refractivity contribution in [2.75, 3.05) is 4.43 Å². The topological polar surface area (TPSA) is 63.6 Å². The van der Waals surface area contributed by atoms with Gasteiger partial charge in [0.1, 0.15) is 5.60 Å². The smallest absolute Gasteiger partial charge is 0.309 e. The zero-order valence-corrected chi connectivity index (χ0v) is 14.6. The number of hydrogen-bond donors (Lipinski definition) is 1. The Labute approximate surface area is 138 Å². The highest BCUT2D eigenvalue weighted by molar-refractivity contribution is 14.1. The first-order valence-electron chi connectivity index (χ1n) is 7.49. The van der Waals surface area contributed by atoms with Gasteiger partial charge in [-0.1, -0.05) is 42.0 Å². The fourth-order valence-corrected chi connectivity index (χ4v) is 5.91. The number of alkyl halides is 1. The molecule has 21 heavy (non-hydrogen) atoms. The molecule has 1 aliphatic heterocycles. The van der Waals surface area contributed by atoms with Gasteiger partial charge < -0.3 is 9.84 Å². The van der Waals surface area contributed by atoms with E-state index >= 15 is 0 Å². The predicted octanol–water partition coefficient (Wildman–Crippen LogP) is 3.19. The molecule has 1 saturated heterocycles. The Bertz CT molecular complexity index is 530. The van der Waals surface area contributed by atoms with E-state index in [0.717, 1.165) is 17.3 Å². The normalized spacial score (nSPS) is 48.4. The largest absolute Gasteiger partial charge is 0.481 e. The van der Waals surface area contributed by atoms with Crippen molar-refractivity contribution in [3.63, 3.8) is 0 Å². The quantitative estimate of drug-likeness (QED) is 0.332. The highest BCUT2D eigenvalue weighted by Crippen LogP contribution is 2.63. The molecule has 3 rings (SSSR count). The first kappa shape index (κ1) is 15.3. The predicted molar refractivity (Wildman–Crippen MR) is 86.1 cm³/mol. The maximum absolute atomic E-state index is 11.9. The number of halogens is 1. The van der Waals surface area contributed by atoms with Crippen molar-refractivity contribution in [1.82, 2.24) is 0 Å². The highest BCUT2D eigenvalue weighted by Gasteiger charge is 2.64. The Hall–Kier alpha value is -0.590.